The fraction of sp³-hybridized carbons (Fsp3) is 0.533. The summed E-state index contributed by atoms with van der Waals surface area (Å²) in [5.41, 5.74) is 0.820. The highest BCUT2D eigenvalue weighted by molar-refractivity contribution is 7.89. The monoisotopic (exact) mass is 310 g/mol. The molecule has 0 atom stereocenters. The molecule has 116 valence electrons. The Hall–Kier alpha value is -1.40. The molecular weight excluding hydrogens is 288 g/mol. The molecule has 0 bridgehead atoms. The number of carbonyl (C=O) groups excluding carboxylic acids is 1. The Morgan fingerprint density at radius 1 is 1.19 bits per heavy atom. The summed E-state index contributed by atoms with van der Waals surface area (Å²) >= 11 is 0. The van der Waals surface area contributed by atoms with Gasteiger partial charge in [0, 0.05) is 11.6 Å². The molecule has 1 aromatic carbocycles. The van der Waals surface area contributed by atoms with E-state index < -0.39 is 10.0 Å². The van der Waals surface area contributed by atoms with Crippen LogP contribution < -0.4 is 10.5 Å². The number of hydrogen-bond acceptors (Lipinski definition) is 3. The van der Waals surface area contributed by atoms with Crippen molar-refractivity contribution in [1.29, 1.82) is 0 Å². The molecule has 6 heteroatoms. The van der Waals surface area contributed by atoms with E-state index >= 15 is 0 Å². The highest BCUT2D eigenvalue weighted by Gasteiger charge is 2.68. The van der Waals surface area contributed by atoms with E-state index in [1.54, 1.807) is 19.1 Å². The van der Waals surface area contributed by atoms with Crippen molar-refractivity contribution in [1.82, 2.24) is 0 Å². The van der Waals surface area contributed by atoms with Crippen LogP contribution in [0.3, 0.4) is 0 Å². The number of rotatable bonds is 3. The molecular formula is C15H22N2O3S. The van der Waals surface area contributed by atoms with E-state index in [1.165, 1.54) is 6.07 Å². The van der Waals surface area contributed by atoms with Gasteiger partial charge in [0.15, 0.2) is 0 Å². The van der Waals surface area contributed by atoms with Crippen LogP contribution in [0.4, 0.5) is 5.69 Å². The third-order valence-corrected chi connectivity index (χ3v) is 6.19. The van der Waals surface area contributed by atoms with Gasteiger partial charge >= 0.3 is 0 Å². The minimum absolute atomic E-state index is 0.0367. The van der Waals surface area contributed by atoms with Gasteiger partial charge in [-0.05, 0) is 35.4 Å². The number of amides is 1. The van der Waals surface area contributed by atoms with Crippen molar-refractivity contribution in [2.75, 3.05) is 5.32 Å². The van der Waals surface area contributed by atoms with Crippen LogP contribution >= 0.6 is 0 Å². The molecule has 1 aliphatic rings. The van der Waals surface area contributed by atoms with Gasteiger partial charge in [0.2, 0.25) is 15.9 Å². The predicted octanol–water partition coefficient (Wildman–Crippen LogP) is 2.26. The van der Waals surface area contributed by atoms with Crippen LogP contribution in [0.1, 0.15) is 33.3 Å². The Morgan fingerprint density at radius 2 is 1.71 bits per heavy atom. The largest absolute Gasteiger partial charge is 0.326 e. The quantitative estimate of drug-likeness (QED) is 0.897. The number of carbonyl (C=O) groups is 1. The van der Waals surface area contributed by atoms with Crippen LogP contribution in [-0.4, -0.2) is 14.3 Å². The highest BCUT2D eigenvalue weighted by Crippen LogP contribution is 2.68. The SMILES string of the molecule is Cc1c(NC(=O)C2C(C)(C)C2(C)C)cccc1S(N)(=O)=O. The Kier molecular flexibility index (Phi) is 3.46. The van der Waals surface area contributed by atoms with Crippen molar-refractivity contribution in [2.24, 2.45) is 21.9 Å². The molecule has 0 spiro atoms. The van der Waals surface area contributed by atoms with Crippen molar-refractivity contribution in [2.45, 2.75) is 39.5 Å². The van der Waals surface area contributed by atoms with Crippen LogP contribution in [0.2, 0.25) is 0 Å². The molecule has 1 aliphatic carbocycles. The second-order valence-electron chi connectivity index (χ2n) is 6.84. The van der Waals surface area contributed by atoms with Crippen molar-refractivity contribution < 1.29 is 13.2 Å². The number of hydrogen-bond donors (Lipinski definition) is 2. The second-order valence-corrected chi connectivity index (χ2v) is 8.37. The second kappa shape index (κ2) is 4.55. The molecule has 1 amide bonds. The summed E-state index contributed by atoms with van der Waals surface area (Å²) < 4.78 is 23.0. The van der Waals surface area contributed by atoms with E-state index in [9.17, 15) is 13.2 Å². The number of primary sulfonamides is 1. The molecule has 0 heterocycles. The van der Waals surface area contributed by atoms with Crippen LogP contribution in [0, 0.1) is 23.7 Å². The van der Waals surface area contributed by atoms with E-state index in [1.807, 2.05) is 0 Å². The third-order valence-electron chi connectivity index (χ3n) is 5.13. The summed E-state index contributed by atoms with van der Waals surface area (Å²) in [7, 11) is -3.79. The first kappa shape index (κ1) is 16.0. The van der Waals surface area contributed by atoms with Crippen molar-refractivity contribution in [3.8, 4) is 0 Å². The zero-order valence-electron chi connectivity index (χ0n) is 13.0. The molecule has 2 rings (SSSR count). The number of anilines is 1. The summed E-state index contributed by atoms with van der Waals surface area (Å²) in [5, 5.41) is 8.01. The van der Waals surface area contributed by atoms with E-state index in [2.05, 4.69) is 33.0 Å². The van der Waals surface area contributed by atoms with Gasteiger partial charge < -0.3 is 5.32 Å². The maximum atomic E-state index is 12.4. The molecule has 21 heavy (non-hydrogen) atoms. The predicted molar refractivity (Wildman–Crippen MR) is 82.2 cm³/mol. The summed E-state index contributed by atoms with van der Waals surface area (Å²) in [6.07, 6.45) is 0. The maximum absolute atomic E-state index is 12.4. The van der Waals surface area contributed by atoms with Gasteiger partial charge in [-0.25, -0.2) is 13.6 Å². The number of benzene rings is 1. The van der Waals surface area contributed by atoms with Gasteiger partial charge in [0.25, 0.3) is 0 Å². The topological polar surface area (TPSA) is 89.3 Å². The molecule has 0 aromatic heterocycles. The number of sulfonamides is 1. The molecule has 0 saturated heterocycles. The molecule has 0 unspecified atom stereocenters. The van der Waals surface area contributed by atoms with Crippen molar-refractivity contribution in [3.05, 3.63) is 23.8 Å². The lowest BCUT2D eigenvalue weighted by Crippen LogP contribution is -2.20. The number of nitrogens with one attached hydrogen (secondary N) is 1. The van der Waals surface area contributed by atoms with Gasteiger partial charge in [-0.2, -0.15) is 0 Å². The Bertz CT molecular complexity index is 692. The lowest BCUT2D eigenvalue weighted by Gasteiger charge is -2.12. The first-order valence-corrected chi connectivity index (χ1v) is 8.38. The summed E-state index contributed by atoms with van der Waals surface area (Å²) in [5.74, 6) is -0.179. The van der Waals surface area contributed by atoms with Crippen molar-refractivity contribution >= 4 is 21.6 Å². The van der Waals surface area contributed by atoms with Crippen LogP contribution in [0.25, 0.3) is 0 Å². The van der Waals surface area contributed by atoms with Crippen LogP contribution in [0.15, 0.2) is 23.1 Å². The van der Waals surface area contributed by atoms with Gasteiger partial charge in [-0.3, -0.25) is 4.79 Å². The molecule has 1 saturated carbocycles. The smallest absolute Gasteiger partial charge is 0.238 e. The fourth-order valence-electron chi connectivity index (χ4n) is 3.11. The molecule has 5 nitrogen and oxygen atoms in total. The summed E-state index contributed by atoms with van der Waals surface area (Å²) in [4.78, 5) is 12.5. The van der Waals surface area contributed by atoms with E-state index in [0.717, 1.165) is 0 Å². The molecule has 0 aliphatic heterocycles. The first-order chi connectivity index (χ1) is 9.40. The van der Waals surface area contributed by atoms with Crippen LogP contribution in [-0.2, 0) is 14.8 Å². The maximum Gasteiger partial charge on any atom is 0.238 e. The summed E-state index contributed by atoms with van der Waals surface area (Å²) in [6, 6.07) is 4.70. The molecule has 0 radical (unpaired) electrons. The summed E-state index contributed by atoms with van der Waals surface area (Å²) in [6.45, 7) is 9.88. The lowest BCUT2D eigenvalue weighted by atomic mass is 10.0. The highest BCUT2D eigenvalue weighted by atomic mass is 32.2. The van der Waals surface area contributed by atoms with E-state index in [0.29, 0.717) is 11.3 Å². The first-order valence-electron chi connectivity index (χ1n) is 6.84. The molecule has 1 fully saturated rings. The Labute approximate surface area is 126 Å². The van der Waals surface area contributed by atoms with E-state index in [-0.39, 0.29) is 27.6 Å². The third kappa shape index (κ3) is 2.46. The minimum atomic E-state index is -3.79. The van der Waals surface area contributed by atoms with Gasteiger partial charge in [-0.1, -0.05) is 33.8 Å². The zero-order valence-corrected chi connectivity index (χ0v) is 13.8. The minimum Gasteiger partial charge on any atom is -0.326 e. The van der Waals surface area contributed by atoms with Gasteiger partial charge in [0.05, 0.1) is 4.90 Å². The normalized spacial score (nSPS) is 20.1. The Morgan fingerprint density at radius 3 is 2.14 bits per heavy atom. The average Bonchev–Trinajstić information content (AvgIpc) is 2.70. The lowest BCUT2D eigenvalue weighted by molar-refractivity contribution is -0.118. The van der Waals surface area contributed by atoms with Crippen LogP contribution in [0.5, 0.6) is 0 Å². The average molecular weight is 310 g/mol. The standard InChI is InChI=1S/C15H22N2O3S/c1-9-10(7-6-8-11(9)21(16,19)20)17-13(18)12-14(2,3)15(12,4)5/h6-8,12H,1-5H3,(H,17,18)(H2,16,19,20). The number of nitrogens with two attached hydrogens (primary N) is 1. The van der Waals surface area contributed by atoms with E-state index in [4.69, 9.17) is 5.14 Å². The molecule has 3 N–H and O–H groups in total. The van der Waals surface area contributed by atoms with Crippen molar-refractivity contribution in [3.63, 3.8) is 0 Å². The molecule has 1 aromatic rings. The van der Waals surface area contributed by atoms with Gasteiger partial charge in [0.1, 0.15) is 0 Å². The fourth-order valence-corrected chi connectivity index (χ4v) is 3.92. The Balaban J connectivity index is 2.29. The zero-order chi connectivity index (χ0) is 16.2. The van der Waals surface area contributed by atoms with Gasteiger partial charge in [-0.15, -0.1) is 0 Å².